The first-order valence-corrected chi connectivity index (χ1v) is 8.76. The van der Waals surface area contributed by atoms with E-state index in [1.54, 1.807) is 6.33 Å². The second kappa shape index (κ2) is 7.15. The van der Waals surface area contributed by atoms with Crippen LogP contribution in [-0.2, 0) is 4.79 Å². The summed E-state index contributed by atoms with van der Waals surface area (Å²) in [6, 6.07) is 2.10. The van der Waals surface area contributed by atoms with Crippen LogP contribution in [0, 0.1) is 5.92 Å². The van der Waals surface area contributed by atoms with Crippen LogP contribution in [0.2, 0.25) is 0 Å². The fourth-order valence-corrected chi connectivity index (χ4v) is 3.36. The van der Waals surface area contributed by atoms with Gasteiger partial charge in [0, 0.05) is 51.3 Å². The molecule has 1 amide bonds. The van der Waals surface area contributed by atoms with Crippen molar-refractivity contribution in [2.45, 2.75) is 33.1 Å². The molecule has 0 radical (unpaired) electrons. The summed E-state index contributed by atoms with van der Waals surface area (Å²) in [5.41, 5.74) is 0. The highest BCUT2D eigenvalue weighted by Crippen LogP contribution is 2.22. The predicted molar refractivity (Wildman–Crippen MR) is 91.7 cm³/mol. The van der Waals surface area contributed by atoms with Gasteiger partial charge >= 0.3 is 0 Å². The van der Waals surface area contributed by atoms with Gasteiger partial charge in [0.05, 0.1) is 0 Å². The topological polar surface area (TPSA) is 52.6 Å². The normalized spacial score (nSPS) is 19.3. The van der Waals surface area contributed by atoms with E-state index in [2.05, 4.69) is 25.8 Å². The molecule has 6 nitrogen and oxygen atoms in total. The molecule has 0 spiro atoms. The van der Waals surface area contributed by atoms with E-state index in [4.69, 9.17) is 0 Å². The SMILES string of the molecule is CC(C)C(=O)N1CCCN(c2cc(N3CCCC3)ncn2)CC1. The zero-order chi connectivity index (χ0) is 16.2. The van der Waals surface area contributed by atoms with Gasteiger partial charge in [-0.15, -0.1) is 0 Å². The van der Waals surface area contributed by atoms with Gasteiger partial charge in [0.25, 0.3) is 0 Å². The summed E-state index contributed by atoms with van der Waals surface area (Å²) < 4.78 is 0. The van der Waals surface area contributed by atoms with Crippen LogP contribution in [0.4, 0.5) is 11.6 Å². The van der Waals surface area contributed by atoms with E-state index in [1.807, 2.05) is 18.7 Å². The average Bonchev–Trinajstić information content (AvgIpc) is 2.99. The van der Waals surface area contributed by atoms with Crippen LogP contribution in [0.5, 0.6) is 0 Å². The van der Waals surface area contributed by atoms with Crippen molar-refractivity contribution in [3.8, 4) is 0 Å². The highest BCUT2D eigenvalue weighted by atomic mass is 16.2. The van der Waals surface area contributed by atoms with Gasteiger partial charge in [-0.3, -0.25) is 4.79 Å². The zero-order valence-corrected chi connectivity index (χ0v) is 14.2. The fourth-order valence-electron chi connectivity index (χ4n) is 3.36. The van der Waals surface area contributed by atoms with Gasteiger partial charge in [0.15, 0.2) is 0 Å². The van der Waals surface area contributed by atoms with Crippen LogP contribution in [-0.4, -0.2) is 60.0 Å². The predicted octanol–water partition coefficient (Wildman–Crippen LogP) is 1.77. The Hall–Kier alpha value is -1.85. The minimum Gasteiger partial charge on any atom is -0.356 e. The number of carbonyl (C=O) groups excluding carboxylic acids is 1. The molecule has 3 heterocycles. The fraction of sp³-hybridized carbons (Fsp3) is 0.706. The van der Waals surface area contributed by atoms with Crippen molar-refractivity contribution < 1.29 is 4.79 Å². The quantitative estimate of drug-likeness (QED) is 0.850. The first-order valence-electron chi connectivity index (χ1n) is 8.76. The maximum absolute atomic E-state index is 12.2. The molecule has 0 bridgehead atoms. The smallest absolute Gasteiger partial charge is 0.225 e. The lowest BCUT2D eigenvalue weighted by molar-refractivity contribution is -0.134. The summed E-state index contributed by atoms with van der Waals surface area (Å²) in [6.07, 6.45) is 5.15. The van der Waals surface area contributed by atoms with E-state index in [0.29, 0.717) is 0 Å². The van der Waals surface area contributed by atoms with Gasteiger partial charge in [0.1, 0.15) is 18.0 Å². The standard InChI is InChI=1S/C17H27N5O/c1-14(2)17(23)22-9-5-8-21(10-11-22)16-12-15(18-13-19-16)20-6-3-4-7-20/h12-14H,3-11H2,1-2H3. The highest BCUT2D eigenvalue weighted by molar-refractivity contribution is 5.78. The molecule has 0 aliphatic carbocycles. The van der Waals surface area contributed by atoms with Crippen LogP contribution >= 0.6 is 0 Å². The molecule has 2 saturated heterocycles. The third-order valence-corrected chi connectivity index (χ3v) is 4.69. The molecule has 23 heavy (non-hydrogen) atoms. The van der Waals surface area contributed by atoms with Gasteiger partial charge < -0.3 is 14.7 Å². The molecule has 2 aliphatic rings. The lowest BCUT2D eigenvalue weighted by Gasteiger charge is -2.25. The van der Waals surface area contributed by atoms with E-state index >= 15 is 0 Å². The van der Waals surface area contributed by atoms with Crippen LogP contribution in [0.25, 0.3) is 0 Å². The van der Waals surface area contributed by atoms with Gasteiger partial charge in [-0.1, -0.05) is 13.8 Å². The summed E-state index contributed by atoms with van der Waals surface area (Å²) in [5.74, 6) is 2.35. The highest BCUT2D eigenvalue weighted by Gasteiger charge is 2.22. The summed E-state index contributed by atoms with van der Waals surface area (Å²) in [5, 5.41) is 0. The Bertz CT molecular complexity index is 542. The summed E-state index contributed by atoms with van der Waals surface area (Å²) in [6.45, 7) is 9.53. The molecule has 0 N–H and O–H groups in total. The molecule has 126 valence electrons. The van der Waals surface area contributed by atoms with E-state index in [9.17, 15) is 4.79 Å². The van der Waals surface area contributed by atoms with Crippen molar-refractivity contribution in [2.24, 2.45) is 5.92 Å². The Balaban J connectivity index is 1.67. The Kier molecular flexibility index (Phi) is 4.98. The molecule has 0 atom stereocenters. The van der Waals surface area contributed by atoms with Crippen LogP contribution in [0.15, 0.2) is 12.4 Å². The monoisotopic (exact) mass is 317 g/mol. The Morgan fingerprint density at radius 3 is 2.17 bits per heavy atom. The molecular weight excluding hydrogens is 290 g/mol. The van der Waals surface area contributed by atoms with E-state index in [1.165, 1.54) is 12.8 Å². The molecule has 0 unspecified atom stereocenters. The molecule has 2 aliphatic heterocycles. The van der Waals surface area contributed by atoms with Crippen molar-refractivity contribution in [3.63, 3.8) is 0 Å². The van der Waals surface area contributed by atoms with Gasteiger partial charge in [-0.05, 0) is 19.3 Å². The van der Waals surface area contributed by atoms with E-state index in [-0.39, 0.29) is 11.8 Å². The van der Waals surface area contributed by atoms with Crippen LogP contribution < -0.4 is 9.80 Å². The number of carbonyl (C=O) groups is 1. The van der Waals surface area contributed by atoms with Crippen LogP contribution in [0.1, 0.15) is 33.1 Å². The van der Waals surface area contributed by atoms with Gasteiger partial charge in [-0.2, -0.15) is 0 Å². The second-order valence-corrected chi connectivity index (χ2v) is 6.75. The third kappa shape index (κ3) is 3.74. The average molecular weight is 317 g/mol. The molecule has 0 aromatic carbocycles. The second-order valence-electron chi connectivity index (χ2n) is 6.75. The Morgan fingerprint density at radius 2 is 1.52 bits per heavy atom. The summed E-state index contributed by atoms with van der Waals surface area (Å²) >= 11 is 0. The Labute approximate surface area is 138 Å². The van der Waals surface area contributed by atoms with E-state index < -0.39 is 0 Å². The van der Waals surface area contributed by atoms with Crippen molar-refractivity contribution in [1.82, 2.24) is 14.9 Å². The molecule has 1 aromatic rings. The molecule has 2 fully saturated rings. The molecule has 1 aromatic heterocycles. The number of amides is 1. The number of aromatic nitrogens is 2. The largest absolute Gasteiger partial charge is 0.356 e. The van der Waals surface area contributed by atoms with Crippen molar-refractivity contribution in [3.05, 3.63) is 12.4 Å². The molecule has 3 rings (SSSR count). The molecular formula is C17H27N5O. The lowest BCUT2D eigenvalue weighted by Crippen LogP contribution is -2.37. The van der Waals surface area contributed by atoms with Gasteiger partial charge in [-0.25, -0.2) is 9.97 Å². The number of rotatable bonds is 3. The molecule has 6 heteroatoms. The van der Waals surface area contributed by atoms with E-state index in [0.717, 1.165) is 57.3 Å². The zero-order valence-electron chi connectivity index (χ0n) is 14.2. The summed E-state index contributed by atoms with van der Waals surface area (Å²) in [4.78, 5) is 27.7. The minimum absolute atomic E-state index is 0.0716. The van der Waals surface area contributed by atoms with Gasteiger partial charge in [0.2, 0.25) is 5.91 Å². The first-order chi connectivity index (χ1) is 11.1. The van der Waals surface area contributed by atoms with Crippen LogP contribution in [0.3, 0.4) is 0 Å². The minimum atomic E-state index is 0.0716. The molecule has 0 saturated carbocycles. The first kappa shape index (κ1) is 16.0. The number of nitrogens with zero attached hydrogens (tertiary/aromatic N) is 5. The number of anilines is 2. The number of hydrogen-bond donors (Lipinski definition) is 0. The third-order valence-electron chi connectivity index (χ3n) is 4.69. The van der Waals surface area contributed by atoms with Crippen molar-refractivity contribution in [1.29, 1.82) is 0 Å². The summed E-state index contributed by atoms with van der Waals surface area (Å²) in [7, 11) is 0. The maximum atomic E-state index is 12.2. The number of hydrogen-bond acceptors (Lipinski definition) is 5. The lowest BCUT2D eigenvalue weighted by atomic mass is 10.2. The Morgan fingerprint density at radius 1 is 0.913 bits per heavy atom. The van der Waals surface area contributed by atoms with Crippen molar-refractivity contribution in [2.75, 3.05) is 49.1 Å². The maximum Gasteiger partial charge on any atom is 0.225 e. The van der Waals surface area contributed by atoms with Crippen molar-refractivity contribution >= 4 is 17.5 Å².